The van der Waals surface area contributed by atoms with Gasteiger partial charge in [-0.25, -0.2) is 4.39 Å². The zero-order valence-corrected chi connectivity index (χ0v) is 13.8. The summed E-state index contributed by atoms with van der Waals surface area (Å²) in [7, 11) is 0. The zero-order chi connectivity index (χ0) is 17.4. The molecule has 0 aliphatic carbocycles. The molecule has 0 spiro atoms. The molecule has 0 aromatic heterocycles. The molecule has 0 saturated heterocycles. The van der Waals surface area contributed by atoms with Gasteiger partial charge in [-0.3, -0.25) is 4.79 Å². The second-order valence-corrected chi connectivity index (χ2v) is 6.16. The van der Waals surface area contributed by atoms with E-state index < -0.39 is 0 Å². The summed E-state index contributed by atoms with van der Waals surface area (Å²) in [4.78, 5) is 14.3. The summed E-state index contributed by atoms with van der Waals surface area (Å²) < 4.78 is 29.5. The second kappa shape index (κ2) is 6.27. The average molecular weight is 343 g/mol. The first-order valence-electron chi connectivity index (χ1n) is 8.22. The van der Waals surface area contributed by atoms with Gasteiger partial charge in [-0.2, -0.15) is 0 Å². The van der Waals surface area contributed by atoms with Crippen LogP contribution in [0.1, 0.15) is 24.1 Å². The van der Waals surface area contributed by atoms with E-state index in [1.807, 2.05) is 19.1 Å². The Kier molecular flexibility index (Phi) is 3.95. The molecule has 2 aromatic carbocycles. The van der Waals surface area contributed by atoms with Gasteiger partial charge in [-0.1, -0.05) is 6.07 Å². The lowest BCUT2D eigenvalue weighted by Gasteiger charge is -2.35. The topological polar surface area (TPSA) is 48.0 Å². The van der Waals surface area contributed by atoms with Gasteiger partial charge in [0.1, 0.15) is 11.6 Å². The largest absolute Gasteiger partial charge is 0.484 e. The minimum atomic E-state index is -0.388. The highest BCUT2D eigenvalue weighted by Gasteiger charge is 2.30. The standard InChI is InChI=1S/C19H18FNO4/c1-12-16-9-18-17(24-11-25-18)7-13(16)5-6-21(12)19(22)10-23-15-4-2-3-14(20)8-15/h2-4,7-9,12H,5-6,10-11H2,1H3. The van der Waals surface area contributed by atoms with Crippen molar-refractivity contribution in [1.82, 2.24) is 4.90 Å². The first kappa shape index (κ1) is 15.7. The van der Waals surface area contributed by atoms with Gasteiger partial charge in [0.2, 0.25) is 6.79 Å². The second-order valence-electron chi connectivity index (χ2n) is 6.16. The maximum Gasteiger partial charge on any atom is 0.261 e. The van der Waals surface area contributed by atoms with Crippen LogP contribution in [0.25, 0.3) is 0 Å². The van der Waals surface area contributed by atoms with E-state index in [2.05, 4.69) is 0 Å². The van der Waals surface area contributed by atoms with Crippen LogP contribution in [0.5, 0.6) is 17.2 Å². The fourth-order valence-electron chi connectivity index (χ4n) is 3.33. The summed E-state index contributed by atoms with van der Waals surface area (Å²) in [6.07, 6.45) is 0.752. The predicted molar refractivity (Wildman–Crippen MR) is 88.3 cm³/mol. The minimum absolute atomic E-state index is 0.0816. The third kappa shape index (κ3) is 2.99. The number of hydrogen-bond donors (Lipinski definition) is 0. The molecule has 25 heavy (non-hydrogen) atoms. The summed E-state index contributed by atoms with van der Waals surface area (Å²) in [5.74, 6) is 1.32. The first-order chi connectivity index (χ1) is 12.1. The van der Waals surface area contributed by atoms with Crippen LogP contribution in [-0.4, -0.2) is 30.8 Å². The number of nitrogens with zero attached hydrogens (tertiary/aromatic N) is 1. The lowest BCUT2D eigenvalue weighted by Crippen LogP contribution is -2.41. The molecule has 1 atom stereocenters. The van der Waals surface area contributed by atoms with E-state index in [4.69, 9.17) is 14.2 Å². The number of carbonyl (C=O) groups excluding carboxylic acids is 1. The molecule has 2 heterocycles. The maximum absolute atomic E-state index is 13.2. The van der Waals surface area contributed by atoms with Crippen LogP contribution in [0, 0.1) is 5.82 Å². The molecule has 130 valence electrons. The number of benzene rings is 2. The molecule has 5 nitrogen and oxygen atoms in total. The molecule has 0 fully saturated rings. The molecule has 1 amide bonds. The molecular formula is C19H18FNO4. The smallest absolute Gasteiger partial charge is 0.261 e. The number of hydrogen-bond acceptors (Lipinski definition) is 4. The van der Waals surface area contributed by atoms with Gasteiger partial charge in [-0.15, -0.1) is 0 Å². The van der Waals surface area contributed by atoms with E-state index in [-0.39, 0.29) is 31.2 Å². The number of amides is 1. The average Bonchev–Trinajstić information content (AvgIpc) is 3.06. The number of halogens is 1. The molecule has 2 aliphatic heterocycles. The third-order valence-electron chi connectivity index (χ3n) is 4.65. The Hall–Kier alpha value is -2.76. The fourth-order valence-corrected chi connectivity index (χ4v) is 3.33. The number of carbonyl (C=O) groups is 1. The highest BCUT2D eigenvalue weighted by atomic mass is 19.1. The van der Waals surface area contributed by atoms with Gasteiger partial charge < -0.3 is 19.1 Å². The lowest BCUT2D eigenvalue weighted by molar-refractivity contribution is -0.136. The zero-order valence-electron chi connectivity index (χ0n) is 13.8. The van der Waals surface area contributed by atoms with Crippen molar-refractivity contribution in [3.8, 4) is 17.2 Å². The summed E-state index contributed by atoms with van der Waals surface area (Å²) in [5.41, 5.74) is 2.24. The number of rotatable bonds is 3. The molecule has 0 radical (unpaired) electrons. The molecule has 1 unspecified atom stereocenters. The number of ether oxygens (including phenoxy) is 3. The quantitative estimate of drug-likeness (QED) is 0.859. The Bertz CT molecular complexity index is 823. The van der Waals surface area contributed by atoms with E-state index >= 15 is 0 Å². The van der Waals surface area contributed by atoms with Crippen LogP contribution >= 0.6 is 0 Å². The van der Waals surface area contributed by atoms with Gasteiger partial charge in [-0.05, 0) is 48.7 Å². The summed E-state index contributed by atoms with van der Waals surface area (Å²) in [5, 5.41) is 0. The molecule has 2 aliphatic rings. The van der Waals surface area contributed by atoms with Crippen molar-refractivity contribution in [3.05, 3.63) is 53.3 Å². The fraction of sp³-hybridized carbons (Fsp3) is 0.316. The van der Waals surface area contributed by atoms with E-state index in [1.165, 1.54) is 17.7 Å². The third-order valence-corrected chi connectivity index (χ3v) is 4.65. The number of fused-ring (bicyclic) bond motifs is 2. The highest BCUT2D eigenvalue weighted by Crippen LogP contribution is 2.40. The first-order valence-corrected chi connectivity index (χ1v) is 8.22. The SMILES string of the molecule is CC1c2cc3c(cc2CCN1C(=O)COc1cccc(F)c1)OCO3. The molecule has 0 saturated carbocycles. The van der Waals surface area contributed by atoms with Crippen molar-refractivity contribution in [2.45, 2.75) is 19.4 Å². The molecular weight excluding hydrogens is 325 g/mol. The Morgan fingerprint density at radius 1 is 1.28 bits per heavy atom. The molecule has 2 aromatic rings. The van der Waals surface area contributed by atoms with Crippen molar-refractivity contribution >= 4 is 5.91 Å². The lowest BCUT2D eigenvalue weighted by atomic mass is 9.93. The van der Waals surface area contributed by atoms with Crippen LogP contribution in [-0.2, 0) is 11.2 Å². The normalized spacial score (nSPS) is 18.0. The maximum atomic E-state index is 13.2. The van der Waals surface area contributed by atoms with E-state index in [9.17, 15) is 9.18 Å². The van der Waals surface area contributed by atoms with Gasteiger partial charge in [0.05, 0.1) is 6.04 Å². The molecule has 6 heteroatoms. The Labute approximate surface area is 144 Å². The van der Waals surface area contributed by atoms with Crippen molar-refractivity contribution in [3.63, 3.8) is 0 Å². The van der Waals surface area contributed by atoms with Crippen LogP contribution < -0.4 is 14.2 Å². The highest BCUT2D eigenvalue weighted by molar-refractivity contribution is 5.78. The van der Waals surface area contributed by atoms with Crippen LogP contribution in [0.2, 0.25) is 0 Å². The summed E-state index contributed by atoms with van der Waals surface area (Å²) >= 11 is 0. The van der Waals surface area contributed by atoms with E-state index in [1.54, 1.807) is 17.0 Å². The molecule has 0 N–H and O–H groups in total. The van der Waals surface area contributed by atoms with E-state index in [0.717, 1.165) is 23.5 Å². The van der Waals surface area contributed by atoms with Crippen molar-refractivity contribution in [2.75, 3.05) is 19.9 Å². The Balaban J connectivity index is 1.47. The predicted octanol–water partition coefficient (Wildman–Crippen LogP) is 3.08. The van der Waals surface area contributed by atoms with Gasteiger partial charge in [0.15, 0.2) is 18.1 Å². The van der Waals surface area contributed by atoms with Gasteiger partial charge >= 0.3 is 0 Å². The molecule has 4 rings (SSSR count). The van der Waals surface area contributed by atoms with Crippen molar-refractivity contribution in [1.29, 1.82) is 0 Å². The Morgan fingerprint density at radius 3 is 2.88 bits per heavy atom. The van der Waals surface area contributed by atoms with Gasteiger partial charge in [0, 0.05) is 12.6 Å². The summed E-state index contributed by atoms with van der Waals surface area (Å²) in [6, 6.07) is 9.66. The monoisotopic (exact) mass is 343 g/mol. The molecule has 0 bridgehead atoms. The van der Waals surface area contributed by atoms with Crippen LogP contribution in [0.4, 0.5) is 4.39 Å². The minimum Gasteiger partial charge on any atom is -0.484 e. The van der Waals surface area contributed by atoms with Crippen LogP contribution in [0.3, 0.4) is 0 Å². The Morgan fingerprint density at radius 2 is 2.08 bits per heavy atom. The van der Waals surface area contributed by atoms with Gasteiger partial charge in [0.25, 0.3) is 5.91 Å². The van der Waals surface area contributed by atoms with Crippen molar-refractivity contribution in [2.24, 2.45) is 0 Å². The van der Waals surface area contributed by atoms with E-state index in [0.29, 0.717) is 12.3 Å². The summed E-state index contributed by atoms with van der Waals surface area (Å²) in [6.45, 7) is 2.71. The van der Waals surface area contributed by atoms with Crippen molar-refractivity contribution < 1.29 is 23.4 Å². The van der Waals surface area contributed by atoms with Crippen LogP contribution in [0.15, 0.2) is 36.4 Å².